The number of carbonyl (C=O) groups excluding carboxylic acids is 1. The zero-order valence-electron chi connectivity index (χ0n) is 17.3. The molecule has 0 unspecified atom stereocenters. The van der Waals surface area contributed by atoms with Gasteiger partial charge in [0.15, 0.2) is 0 Å². The Morgan fingerprint density at radius 1 is 1.23 bits per heavy atom. The van der Waals surface area contributed by atoms with Crippen LogP contribution in [-0.2, 0) is 0 Å². The van der Waals surface area contributed by atoms with Crippen LogP contribution >= 0.6 is 11.6 Å². The van der Waals surface area contributed by atoms with Crippen molar-refractivity contribution in [2.24, 2.45) is 11.7 Å². The Bertz CT molecular complexity index is 1130. The van der Waals surface area contributed by atoms with Crippen molar-refractivity contribution in [3.05, 3.63) is 63.7 Å². The number of rotatable bonds is 6. The van der Waals surface area contributed by atoms with Crippen LogP contribution in [0.5, 0.6) is 0 Å². The van der Waals surface area contributed by atoms with E-state index in [2.05, 4.69) is 10.6 Å². The molecular formula is C22H26ClN5O2. The first-order chi connectivity index (χ1) is 14.4. The molecule has 2 aromatic carbocycles. The van der Waals surface area contributed by atoms with Gasteiger partial charge in [0.1, 0.15) is 5.82 Å². The first kappa shape index (κ1) is 21.8. The number of amides is 2. The standard InChI is InChI=1S/C22H26ClN5O2/c1-4-13(3)19(24)20-27-17-11-7-10-16(23)18(17)21(29)28(20)15-9-6-8-14(12-15)26-22(30)25-5-2/h6-13,19H,4-5,24H2,1-3H3,(H2,25,26,30)/t13-,19-/m0/s1. The number of aromatic nitrogens is 2. The van der Waals surface area contributed by atoms with Crippen molar-refractivity contribution >= 4 is 34.2 Å². The summed E-state index contributed by atoms with van der Waals surface area (Å²) in [6, 6.07) is 11.4. The lowest BCUT2D eigenvalue weighted by molar-refractivity contribution is 0.252. The molecule has 0 bridgehead atoms. The van der Waals surface area contributed by atoms with Crippen LogP contribution in [0.25, 0.3) is 16.6 Å². The third-order valence-corrected chi connectivity index (χ3v) is 5.44. The molecule has 4 N–H and O–H groups in total. The van der Waals surface area contributed by atoms with E-state index in [1.54, 1.807) is 42.5 Å². The van der Waals surface area contributed by atoms with E-state index in [0.717, 1.165) is 6.42 Å². The molecule has 0 saturated carbocycles. The van der Waals surface area contributed by atoms with E-state index in [-0.39, 0.29) is 17.5 Å². The molecule has 8 heteroatoms. The predicted molar refractivity (Wildman–Crippen MR) is 121 cm³/mol. The zero-order valence-corrected chi connectivity index (χ0v) is 18.0. The van der Waals surface area contributed by atoms with E-state index in [0.29, 0.717) is 39.7 Å². The molecule has 0 fully saturated rings. The Kier molecular flexibility index (Phi) is 6.74. The number of hydrogen-bond donors (Lipinski definition) is 3. The van der Waals surface area contributed by atoms with Gasteiger partial charge >= 0.3 is 6.03 Å². The summed E-state index contributed by atoms with van der Waals surface area (Å²) in [5.74, 6) is 0.565. The number of fused-ring (bicyclic) bond motifs is 1. The molecule has 0 spiro atoms. The molecule has 0 aliphatic heterocycles. The highest BCUT2D eigenvalue weighted by Crippen LogP contribution is 2.26. The molecule has 158 valence electrons. The van der Waals surface area contributed by atoms with Crippen LogP contribution in [-0.4, -0.2) is 22.1 Å². The fraction of sp³-hybridized carbons (Fsp3) is 0.318. The summed E-state index contributed by atoms with van der Waals surface area (Å²) in [7, 11) is 0. The lowest BCUT2D eigenvalue weighted by Gasteiger charge is -2.23. The first-order valence-corrected chi connectivity index (χ1v) is 10.4. The number of urea groups is 1. The molecule has 1 heterocycles. The number of nitrogens with two attached hydrogens (primary N) is 1. The van der Waals surface area contributed by atoms with Gasteiger partial charge in [0.05, 0.1) is 27.7 Å². The highest BCUT2D eigenvalue weighted by atomic mass is 35.5. The number of anilines is 1. The second-order valence-electron chi connectivity index (χ2n) is 7.19. The molecule has 0 aliphatic rings. The third-order valence-electron chi connectivity index (χ3n) is 5.13. The van der Waals surface area contributed by atoms with Crippen LogP contribution in [0.15, 0.2) is 47.3 Å². The van der Waals surface area contributed by atoms with Crippen LogP contribution in [0.1, 0.15) is 39.1 Å². The summed E-state index contributed by atoms with van der Waals surface area (Å²) in [6.07, 6.45) is 0.837. The van der Waals surface area contributed by atoms with Crippen molar-refractivity contribution < 1.29 is 4.79 Å². The Balaban J connectivity index is 2.23. The van der Waals surface area contributed by atoms with Gasteiger partial charge in [-0.3, -0.25) is 9.36 Å². The zero-order chi connectivity index (χ0) is 21.8. The Morgan fingerprint density at radius 2 is 1.97 bits per heavy atom. The average molecular weight is 428 g/mol. The molecule has 0 radical (unpaired) electrons. The Morgan fingerprint density at radius 3 is 2.67 bits per heavy atom. The maximum atomic E-state index is 13.5. The summed E-state index contributed by atoms with van der Waals surface area (Å²) in [5.41, 5.74) is 7.82. The SMILES string of the molecule is CCNC(=O)Nc1cccc(-n2c([C@@H](N)[C@@H](C)CC)nc3cccc(Cl)c3c2=O)c1. The van der Waals surface area contributed by atoms with Gasteiger partial charge in [-0.25, -0.2) is 9.78 Å². The van der Waals surface area contributed by atoms with Gasteiger partial charge in [0, 0.05) is 12.2 Å². The third kappa shape index (κ3) is 4.32. The number of hydrogen-bond acceptors (Lipinski definition) is 4. The van der Waals surface area contributed by atoms with Gasteiger partial charge in [0.2, 0.25) is 0 Å². The van der Waals surface area contributed by atoms with Crippen LogP contribution < -0.4 is 21.9 Å². The molecule has 3 aromatic rings. The van der Waals surface area contributed by atoms with Crippen LogP contribution in [0.2, 0.25) is 5.02 Å². The van der Waals surface area contributed by atoms with E-state index in [1.165, 1.54) is 4.57 Å². The second-order valence-corrected chi connectivity index (χ2v) is 7.60. The van der Waals surface area contributed by atoms with Crippen molar-refractivity contribution in [1.82, 2.24) is 14.9 Å². The average Bonchev–Trinajstić information content (AvgIpc) is 2.72. The van der Waals surface area contributed by atoms with Crippen molar-refractivity contribution in [1.29, 1.82) is 0 Å². The van der Waals surface area contributed by atoms with Gasteiger partial charge in [-0.1, -0.05) is 44.0 Å². The summed E-state index contributed by atoms with van der Waals surface area (Å²) < 4.78 is 1.49. The lowest BCUT2D eigenvalue weighted by Crippen LogP contribution is -2.31. The predicted octanol–water partition coefficient (Wildman–Crippen LogP) is 4.23. The van der Waals surface area contributed by atoms with Gasteiger partial charge in [-0.2, -0.15) is 0 Å². The molecular weight excluding hydrogens is 402 g/mol. The van der Waals surface area contributed by atoms with Crippen LogP contribution in [0.3, 0.4) is 0 Å². The van der Waals surface area contributed by atoms with E-state index >= 15 is 0 Å². The summed E-state index contributed by atoms with van der Waals surface area (Å²) >= 11 is 6.33. The quantitative estimate of drug-likeness (QED) is 0.547. The maximum Gasteiger partial charge on any atom is 0.319 e. The normalized spacial score (nSPS) is 13.1. The van der Waals surface area contributed by atoms with Gasteiger partial charge in [-0.15, -0.1) is 0 Å². The van der Waals surface area contributed by atoms with Crippen molar-refractivity contribution in [2.45, 2.75) is 33.2 Å². The smallest absolute Gasteiger partial charge is 0.319 e. The minimum atomic E-state index is -0.453. The highest BCUT2D eigenvalue weighted by molar-refractivity contribution is 6.35. The van der Waals surface area contributed by atoms with Gasteiger partial charge in [-0.05, 0) is 43.2 Å². The minimum absolute atomic E-state index is 0.108. The molecule has 2 atom stereocenters. The molecule has 0 saturated heterocycles. The van der Waals surface area contributed by atoms with Gasteiger partial charge < -0.3 is 16.4 Å². The fourth-order valence-electron chi connectivity index (χ4n) is 3.25. The molecule has 2 amide bonds. The maximum absolute atomic E-state index is 13.5. The topological polar surface area (TPSA) is 102 Å². The summed E-state index contributed by atoms with van der Waals surface area (Å²) in [4.78, 5) is 30.1. The largest absolute Gasteiger partial charge is 0.338 e. The Labute approximate surface area is 180 Å². The monoisotopic (exact) mass is 427 g/mol. The molecule has 7 nitrogen and oxygen atoms in total. The Hall–Kier alpha value is -2.90. The summed E-state index contributed by atoms with van der Waals surface area (Å²) in [5, 5.41) is 6.11. The van der Waals surface area contributed by atoms with Crippen molar-refractivity contribution in [3.8, 4) is 5.69 Å². The van der Waals surface area contributed by atoms with Crippen molar-refractivity contribution in [2.75, 3.05) is 11.9 Å². The van der Waals surface area contributed by atoms with E-state index in [4.69, 9.17) is 22.3 Å². The number of halogens is 1. The number of benzene rings is 2. The van der Waals surface area contributed by atoms with Gasteiger partial charge in [0.25, 0.3) is 5.56 Å². The number of nitrogens with zero attached hydrogens (tertiary/aromatic N) is 2. The number of nitrogens with one attached hydrogen (secondary N) is 2. The van der Waals surface area contributed by atoms with Crippen LogP contribution in [0, 0.1) is 5.92 Å². The second kappa shape index (κ2) is 9.28. The fourth-order valence-corrected chi connectivity index (χ4v) is 3.50. The summed E-state index contributed by atoms with van der Waals surface area (Å²) in [6.45, 7) is 6.41. The van der Waals surface area contributed by atoms with Crippen LogP contribution in [0.4, 0.5) is 10.5 Å². The van der Waals surface area contributed by atoms with Crippen molar-refractivity contribution in [3.63, 3.8) is 0 Å². The molecule has 3 rings (SSSR count). The lowest BCUT2D eigenvalue weighted by atomic mass is 9.98. The van der Waals surface area contributed by atoms with E-state index < -0.39 is 6.04 Å². The van der Waals surface area contributed by atoms with E-state index in [9.17, 15) is 9.59 Å². The van der Waals surface area contributed by atoms with E-state index in [1.807, 2.05) is 20.8 Å². The first-order valence-electron chi connectivity index (χ1n) is 9.99. The highest BCUT2D eigenvalue weighted by Gasteiger charge is 2.23. The minimum Gasteiger partial charge on any atom is -0.338 e. The molecule has 0 aliphatic carbocycles. The number of carbonyl (C=O) groups is 1. The molecule has 1 aromatic heterocycles. The molecule has 30 heavy (non-hydrogen) atoms.